The topological polar surface area (TPSA) is 22.1 Å². The second kappa shape index (κ2) is 4.10. The third kappa shape index (κ3) is 2.53. The lowest BCUT2D eigenvalue weighted by atomic mass is 10.1. The van der Waals surface area contributed by atoms with Gasteiger partial charge in [-0.05, 0) is 25.0 Å². The maximum Gasteiger partial charge on any atom is 0.137 e. The molecule has 0 spiro atoms. The highest BCUT2D eigenvalue weighted by molar-refractivity contribution is 5.15. The smallest absolute Gasteiger partial charge is 0.137 e. The van der Waals surface area contributed by atoms with Gasteiger partial charge in [0.25, 0.3) is 0 Å². The molecule has 1 aromatic rings. The zero-order valence-corrected chi connectivity index (χ0v) is 7.82. The summed E-state index contributed by atoms with van der Waals surface area (Å²) in [6, 6.07) is 3.80. The van der Waals surface area contributed by atoms with E-state index in [4.69, 9.17) is 4.74 Å². The van der Waals surface area contributed by atoms with Crippen LogP contribution in [0.2, 0.25) is 0 Å². The Hall–Kier alpha value is -1.05. The molecular weight excluding hydrogens is 150 g/mol. The minimum absolute atomic E-state index is 0.245. The fourth-order valence-electron chi connectivity index (χ4n) is 0.768. The van der Waals surface area contributed by atoms with Crippen molar-refractivity contribution >= 4 is 0 Å². The van der Waals surface area contributed by atoms with Crippen LogP contribution in [0.5, 0.6) is 5.75 Å². The van der Waals surface area contributed by atoms with Crippen molar-refractivity contribution in [2.45, 2.75) is 26.9 Å². The van der Waals surface area contributed by atoms with Gasteiger partial charge < -0.3 is 4.74 Å². The summed E-state index contributed by atoms with van der Waals surface area (Å²) in [7, 11) is 0. The van der Waals surface area contributed by atoms with E-state index < -0.39 is 0 Å². The van der Waals surface area contributed by atoms with Crippen molar-refractivity contribution in [2.75, 3.05) is 0 Å². The summed E-state index contributed by atoms with van der Waals surface area (Å²) in [5.41, 5.74) is 0. The minimum atomic E-state index is 0.245. The fourth-order valence-corrected chi connectivity index (χ4v) is 0.768. The summed E-state index contributed by atoms with van der Waals surface area (Å²) in [5, 5.41) is 0. The second-order valence-electron chi connectivity index (χ2n) is 3.26. The Morgan fingerprint density at radius 2 is 2.08 bits per heavy atom. The molecule has 0 amide bonds. The van der Waals surface area contributed by atoms with E-state index in [1.165, 1.54) is 0 Å². The van der Waals surface area contributed by atoms with Crippen LogP contribution in [0.25, 0.3) is 0 Å². The second-order valence-corrected chi connectivity index (χ2v) is 3.26. The largest absolute Gasteiger partial charge is 0.489 e. The number of nitrogens with zero attached hydrogens (tertiary/aromatic N) is 1. The number of pyridine rings is 1. The van der Waals surface area contributed by atoms with Crippen LogP contribution in [-0.2, 0) is 0 Å². The summed E-state index contributed by atoms with van der Waals surface area (Å²) in [6.07, 6.45) is 3.72. The molecule has 1 heterocycles. The van der Waals surface area contributed by atoms with Crippen LogP contribution >= 0.6 is 0 Å². The summed E-state index contributed by atoms with van der Waals surface area (Å²) < 4.78 is 5.61. The van der Waals surface area contributed by atoms with Crippen molar-refractivity contribution < 1.29 is 4.74 Å². The van der Waals surface area contributed by atoms with Gasteiger partial charge in [0.2, 0.25) is 0 Å². The van der Waals surface area contributed by atoms with Gasteiger partial charge in [-0.15, -0.1) is 0 Å². The summed E-state index contributed by atoms with van der Waals surface area (Å²) in [4.78, 5) is 3.97. The number of hydrogen-bond donors (Lipinski definition) is 0. The predicted octanol–water partition coefficient (Wildman–Crippen LogP) is 2.50. The monoisotopic (exact) mass is 165 g/mol. The van der Waals surface area contributed by atoms with Gasteiger partial charge in [-0.2, -0.15) is 0 Å². The van der Waals surface area contributed by atoms with Gasteiger partial charge in [0.15, 0.2) is 0 Å². The van der Waals surface area contributed by atoms with Crippen LogP contribution in [0.15, 0.2) is 24.5 Å². The first kappa shape index (κ1) is 9.04. The van der Waals surface area contributed by atoms with E-state index in [1.807, 2.05) is 12.1 Å². The number of aromatic nitrogens is 1. The maximum atomic E-state index is 5.61. The zero-order valence-electron chi connectivity index (χ0n) is 7.82. The van der Waals surface area contributed by atoms with Gasteiger partial charge in [-0.1, -0.05) is 13.8 Å². The summed E-state index contributed by atoms with van der Waals surface area (Å²) in [5.74, 6) is 1.38. The molecule has 1 rings (SSSR count). The first-order chi connectivity index (χ1) is 5.70. The van der Waals surface area contributed by atoms with Crippen LogP contribution in [0, 0.1) is 5.92 Å². The van der Waals surface area contributed by atoms with Gasteiger partial charge in [-0.25, -0.2) is 0 Å². The summed E-state index contributed by atoms with van der Waals surface area (Å²) in [6.45, 7) is 6.35. The van der Waals surface area contributed by atoms with Gasteiger partial charge in [0.1, 0.15) is 5.75 Å². The molecule has 0 aliphatic heterocycles. The van der Waals surface area contributed by atoms with E-state index in [0.29, 0.717) is 5.92 Å². The van der Waals surface area contributed by atoms with Crippen LogP contribution in [-0.4, -0.2) is 11.1 Å². The minimum Gasteiger partial charge on any atom is -0.489 e. The van der Waals surface area contributed by atoms with Crippen molar-refractivity contribution in [3.05, 3.63) is 24.5 Å². The molecule has 0 saturated carbocycles. The molecular formula is C10H15NO. The van der Waals surface area contributed by atoms with Crippen molar-refractivity contribution in [2.24, 2.45) is 5.92 Å². The van der Waals surface area contributed by atoms with Crippen LogP contribution in [0.3, 0.4) is 0 Å². The average Bonchev–Trinajstić information content (AvgIpc) is 2.06. The SMILES string of the molecule is CC(C)C(C)Oc1cccnc1. The van der Waals surface area contributed by atoms with Crippen LogP contribution in [0.4, 0.5) is 0 Å². The van der Waals surface area contributed by atoms with Gasteiger partial charge in [-0.3, -0.25) is 4.98 Å². The van der Waals surface area contributed by atoms with E-state index in [1.54, 1.807) is 12.4 Å². The third-order valence-electron chi connectivity index (χ3n) is 1.90. The molecule has 12 heavy (non-hydrogen) atoms. The van der Waals surface area contributed by atoms with Gasteiger partial charge >= 0.3 is 0 Å². The highest BCUT2D eigenvalue weighted by Gasteiger charge is 2.07. The lowest BCUT2D eigenvalue weighted by molar-refractivity contribution is 0.170. The molecule has 0 N–H and O–H groups in total. The van der Waals surface area contributed by atoms with E-state index in [-0.39, 0.29) is 6.10 Å². The molecule has 0 aromatic carbocycles. The quantitative estimate of drug-likeness (QED) is 0.686. The normalized spacial score (nSPS) is 13.0. The molecule has 0 saturated heterocycles. The first-order valence-electron chi connectivity index (χ1n) is 4.27. The fraction of sp³-hybridized carbons (Fsp3) is 0.500. The van der Waals surface area contributed by atoms with Crippen LogP contribution in [0.1, 0.15) is 20.8 Å². The molecule has 1 atom stereocenters. The Labute approximate surface area is 73.6 Å². The molecule has 1 aromatic heterocycles. The zero-order chi connectivity index (χ0) is 8.97. The Bertz CT molecular complexity index is 221. The van der Waals surface area contributed by atoms with Crippen molar-refractivity contribution in [3.8, 4) is 5.75 Å². The summed E-state index contributed by atoms with van der Waals surface area (Å²) >= 11 is 0. The standard InChI is InChI=1S/C10H15NO/c1-8(2)9(3)12-10-5-4-6-11-7-10/h4-9H,1-3H3. The average molecular weight is 165 g/mol. The van der Waals surface area contributed by atoms with Crippen LogP contribution < -0.4 is 4.74 Å². The first-order valence-corrected chi connectivity index (χ1v) is 4.27. The Balaban J connectivity index is 2.53. The molecule has 1 unspecified atom stereocenters. The van der Waals surface area contributed by atoms with Crippen molar-refractivity contribution in [1.29, 1.82) is 0 Å². The van der Waals surface area contributed by atoms with Gasteiger partial charge in [0.05, 0.1) is 12.3 Å². The molecule has 66 valence electrons. The number of ether oxygens (including phenoxy) is 1. The Morgan fingerprint density at radius 1 is 1.33 bits per heavy atom. The van der Waals surface area contributed by atoms with Crippen molar-refractivity contribution in [1.82, 2.24) is 4.98 Å². The van der Waals surface area contributed by atoms with E-state index >= 15 is 0 Å². The number of rotatable bonds is 3. The van der Waals surface area contributed by atoms with E-state index in [2.05, 4.69) is 25.8 Å². The van der Waals surface area contributed by atoms with E-state index in [9.17, 15) is 0 Å². The molecule has 2 nitrogen and oxygen atoms in total. The molecule has 0 radical (unpaired) electrons. The molecule has 0 aliphatic carbocycles. The highest BCUT2D eigenvalue weighted by Crippen LogP contribution is 2.13. The van der Waals surface area contributed by atoms with E-state index in [0.717, 1.165) is 5.75 Å². The maximum absolute atomic E-state index is 5.61. The van der Waals surface area contributed by atoms with Crippen molar-refractivity contribution in [3.63, 3.8) is 0 Å². The Morgan fingerprint density at radius 3 is 2.58 bits per heavy atom. The Kier molecular flexibility index (Phi) is 3.09. The third-order valence-corrected chi connectivity index (χ3v) is 1.90. The predicted molar refractivity (Wildman–Crippen MR) is 49.2 cm³/mol. The lowest BCUT2D eigenvalue weighted by Crippen LogP contribution is -2.18. The van der Waals surface area contributed by atoms with Gasteiger partial charge in [0, 0.05) is 6.20 Å². The lowest BCUT2D eigenvalue weighted by Gasteiger charge is -2.17. The molecule has 0 bridgehead atoms. The molecule has 0 aliphatic rings. The number of hydrogen-bond acceptors (Lipinski definition) is 2. The molecule has 2 heteroatoms. The molecule has 0 fully saturated rings. The highest BCUT2D eigenvalue weighted by atomic mass is 16.5.